The molecule has 0 aromatic heterocycles. The van der Waals surface area contributed by atoms with Crippen molar-refractivity contribution in [2.75, 3.05) is 0 Å². The minimum absolute atomic E-state index is 0.856. The van der Waals surface area contributed by atoms with Gasteiger partial charge in [-0.1, -0.05) is 492 Å². The summed E-state index contributed by atoms with van der Waals surface area (Å²) in [5.41, 5.74) is 4.83. The fraction of sp³-hybridized carbons (Fsp3) is 0.803. The predicted molar refractivity (Wildman–Crippen MR) is 581 cm³/mol. The third kappa shape index (κ3) is 42.6. The fourth-order valence-electron chi connectivity index (χ4n) is 29.7. The number of rotatable bonds is 0. The molecule has 0 heterocycles. The largest absolute Gasteiger partial charge is 0.0885 e. The lowest BCUT2D eigenvalue weighted by molar-refractivity contribution is 0.116. The van der Waals surface area contributed by atoms with Crippen LogP contribution in [0.2, 0.25) is 0 Å². The molecule has 0 N–H and O–H groups in total. The highest BCUT2D eigenvalue weighted by molar-refractivity contribution is 5.30. The van der Waals surface area contributed by atoms with E-state index in [0.29, 0.717) is 0 Å². The lowest BCUT2D eigenvalue weighted by Gasteiger charge is -2.40. The Hall–Kier alpha value is -3.38. The van der Waals surface area contributed by atoms with Gasteiger partial charge in [0.1, 0.15) is 0 Å². The van der Waals surface area contributed by atoms with Crippen LogP contribution >= 0.6 is 0 Å². The van der Waals surface area contributed by atoms with E-state index in [1.807, 2.05) is 0 Å². The maximum absolute atomic E-state index is 2.43. The lowest BCUT2D eigenvalue weighted by Crippen LogP contribution is -2.28. The average molecular weight is 1800 g/mol. The summed E-state index contributed by atoms with van der Waals surface area (Å²) in [6.07, 6.45) is 169. The monoisotopic (exact) mass is 1800 g/mol. The summed E-state index contributed by atoms with van der Waals surface area (Å²) in [5, 5.41) is 0. The quantitative estimate of drug-likeness (QED) is 0.179. The first-order valence-corrected chi connectivity index (χ1v) is 61.2. The van der Waals surface area contributed by atoms with Crippen LogP contribution in [0.5, 0.6) is 0 Å². The predicted octanol–water partition coefficient (Wildman–Crippen LogP) is 42.2. The zero-order chi connectivity index (χ0) is 90.2. The SMILES string of the molecule is C1=CC2CCC1C2.C1=CC2CCCC2=C1.C1=CC2CCCCC2C1.C1=CCC=CC1.C1=CCCC1.C1=CCCC=C1.C1=CCCCC1.C1CC2CC(C1)C2.C1CC2CC12.C1CC2CC2C1.C1CC2CCC1C2.C1CC2CCC1CC2.C1CC2CCCC2C1.C1CCC2CCCC2C1.C1CCC2CCCCC2C1.C1CCCCCC1.C1CCCCCCC1.c1ccc2c(c1)CCCC2. The second-order valence-electron chi connectivity index (χ2n) is 48.9. The van der Waals surface area contributed by atoms with Gasteiger partial charge in [0.15, 0.2) is 0 Å². The molecule has 1 aromatic carbocycles. The lowest BCUT2D eigenvalue weighted by atomic mass is 9.65. The Labute approximate surface area is 820 Å². The van der Waals surface area contributed by atoms with Gasteiger partial charge >= 0.3 is 0 Å². The van der Waals surface area contributed by atoms with Gasteiger partial charge in [-0.3, -0.25) is 0 Å². The van der Waals surface area contributed by atoms with E-state index in [4.69, 9.17) is 0 Å². The van der Waals surface area contributed by atoms with E-state index in [-0.39, 0.29) is 0 Å². The van der Waals surface area contributed by atoms with E-state index in [1.54, 1.807) is 229 Å². The molecule has 0 amide bonds. The molecule has 742 valence electrons. The standard InChI is InChI=1S/C10H18.C10H12.C9H16.C9H14.C8H14.C8H10.C8H14.C8H16.C7H12.C7H10.C7H12.C7H14.2C6H10.2C6H8.2C5H8/c2*1-2-6-10-8-4-3-7-9(10)5-1;2*1-2-5-9-7-3-6-8(9)4-1;2*1-3-7-5-2-6-8(7)4-1;1-2-8-5-3-7(1)4-6-8;1-2-4-6-8-7-5-3-1;2*1-2-7-4-3-6(1)5-7;1-2-6-4-7(3-1)5-6;1-2-4-6-7-5-3-1;1-2-5-4-6(5)3-1;3*1-2-4-6-5-3-1;1-2-5-3-4(1)5;1-2-4-5-3-1/h9-10H,1-8H2;1-2,5-6H,3-4,7-8H2;8-9H,1-7H2;3,6,8-9H,1-2,4-5,7H2;7-8H,1-6H2;1,3-4,7H,2,5-6H2;7-8H,1-6H2;1-8H2;6-7H,1-5H2;1-2,6-7H,3-5H2;6-7H,1-5H2;1-7H2;5-6H,1-4H2;1-2H,3-6H2;1-2,5-6H,3-4H2;1-4H,5-6H2;4-5H,1-3H2;1-2H,3-5H2. The van der Waals surface area contributed by atoms with Crippen molar-refractivity contribution in [3.05, 3.63) is 156 Å². The van der Waals surface area contributed by atoms with Crippen LogP contribution in [0.3, 0.4) is 0 Å². The van der Waals surface area contributed by atoms with Gasteiger partial charge in [0, 0.05) is 0 Å². The molecule has 0 aliphatic heterocycles. The number of hydrogen-bond donors (Lipinski definition) is 0. The zero-order valence-corrected chi connectivity index (χ0v) is 87.0. The Morgan fingerprint density at radius 1 is 0.182 bits per heavy atom. The molecule has 0 radical (unpaired) electrons. The van der Waals surface area contributed by atoms with Crippen LogP contribution in [-0.2, 0) is 12.8 Å². The second kappa shape index (κ2) is 65.6. The number of benzene rings is 1. The van der Waals surface area contributed by atoms with Crippen molar-refractivity contribution in [1.82, 2.24) is 0 Å². The molecule has 31 aliphatic carbocycles. The molecule has 0 spiro atoms. The Balaban J connectivity index is 0.000000119. The Kier molecular flexibility index (Phi) is 52.6. The third-order valence-electron chi connectivity index (χ3n) is 38.9. The molecule has 8 bridgehead atoms. The summed E-state index contributed by atoms with van der Waals surface area (Å²) in [5.74, 6) is 23.8. The van der Waals surface area contributed by atoms with Crippen molar-refractivity contribution in [1.29, 1.82) is 0 Å². The molecule has 23 fully saturated rings. The molecule has 31 aliphatic rings. The van der Waals surface area contributed by atoms with Crippen molar-refractivity contribution >= 4 is 0 Å². The second-order valence-corrected chi connectivity index (χ2v) is 48.9. The van der Waals surface area contributed by atoms with Gasteiger partial charge in [-0.2, -0.15) is 0 Å². The van der Waals surface area contributed by atoms with E-state index in [9.17, 15) is 0 Å². The Bertz CT molecular complexity index is 3140. The molecule has 23 saturated carbocycles. The molecular formula is C132H214. The maximum atomic E-state index is 2.43. The summed E-state index contributed by atoms with van der Waals surface area (Å²) in [6, 6.07) is 8.80. The fourth-order valence-corrected chi connectivity index (χ4v) is 29.7. The summed E-state index contributed by atoms with van der Waals surface area (Å²) in [6.45, 7) is 0. The van der Waals surface area contributed by atoms with Gasteiger partial charge in [0.05, 0.1) is 0 Å². The van der Waals surface area contributed by atoms with Crippen LogP contribution in [0, 0.1) is 124 Å². The highest BCUT2D eigenvalue weighted by Crippen LogP contribution is 2.56. The van der Waals surface area contributed by atoms with Crippen molar-refractivity contribution in [2.24, 2.45) is 124 Å². The van der Waals surface area contributed by atoms with Crippen molar-refractivity contribution in [3.63, 3.8) is 0 Å². The minimum Gasteiger partial charge on any atom is -0.0885 e. The minimum atomic E-state index is 0.856. The maximum Gasteiger partial charge on any atom is -0.00169 e. The number of aryl methyl sites for hydroxylation is 2. The number of allylic oxidation sites excluding steroid dienone is 20. The topological polar surface area (TPSA) is 0 Å². The first-order valence-electron chi connectivity index (χ1n) is 61.2. The molecule has 32 rings (SSSR count). The van der Waals surface area contributed by atoms with Crippen LogP contribution in [-0.4, -0.2) is 0 Å². The van der Waals surface area contributed by atoms with Crippen LogP contribution in [0.1, 0.15) is 544 Å². The van der Waals surface area contributed by atoms with Gasteiger partial charge in [-0.25, -0.2) is 0 Å². The van der Waals surface area contributed by atoms with Crippen LogP contribution < -0.4 is 0 Å². The highest BCUT2D eigenvalue weighted by Gasteiger charge is 2.45. The molecule has 11 atom stereocenters. The summed E-state index contributed by atoms with van der Waals surface area (Å²) in [4.78, 5) is 0. The zero-order valence-electron chi connectivity index (χ0n) is 87.0. The molecule has 0 saturated heterocycles. The van der Waals surface area contributed by atoms with E-state index < -0.39 is 0 Å². The average Bonchev–Trinajstić information content (AvgIpc) is 1.63. The molecule has 0 nitrogen and oxygen atoms in total. The summed E-state index contributed by atoms with van der Waals surface area (Å²) in [7, 11) is 0. The normalized spacial score (nSPS) is 35.7. The Morgan fingerprint density at radius 2 is 0.530 bits per heavy atom. The van der Waals surface area contributed by atoms with Crippen molar-refractivity contribution in [3.8, 4) is 0 Å². The molecular weight excluding hydrogens is 1590 g/mol. The third-order valence-corrected chi connectivity index (χ3v) is 38.9. The van der Waals surface area contributed by atoms with Crippen LogP contribution in [0.25, 0.3) is 0 Å². The first-order chi connectivity index (χ1) is 65.5. The van der Waals surface area contributed by atoms with Gasteiger partial charge in [0.25, 0.3) is 0 Å². The van der Waals surface area contributed by atoms with Crippen molar-refractivity contribution < 1.29 is 0 Å². The molecule has 132 heavy (non-hydrogen) atoms. The molecule has 1 aromatic rings. The van der Waals surface area contributed by atoms with Crippen LogP contribution in [0.15, 0.2) is 145 Å². The van der Waals surface area contributed by atoms with E-state index in [0.717, 1.165) is 66.1 Å². The van der Waals surface area contributed by atoms with Crippen molar-refractivity contribution in [2.45, 2.75) is 546 Å². The smallest absolute Gasteiger partial charge is 0.00169 e. The van der Waals surface area contributed by atoms with Gasteiger partial charge in [-0.15, -0.1) is 0 Å². The van der Waals surface area contributed by atoms with E-state index in [1.165, 1.54) is 392 Å². The van der Waals surface area contributed by atoms with E-state index >= 15 is 0 Å². The van der Waals surface area contributed by atoms with E-state index in [2.05, 4.69) is 140 Å². The number of fused-ring (bicyclic) bond motifs is 17. The number of hydrogen-bond acceptors (Lipinski definition) is 0. The summed E-state index contributed by atoms with van der Waals surface area (Å²) < 4.78 is 0. The first kappa shape index (κ1) is 106. The van der Waals surface area contributed by atoms with Gasteiger partial charge < -0.3 is 0 Å². The van der Waals surface area contributed by atoms with Crippen LogP contribution in [0.4, 0.5) is 0 Å². The highest BCUT2D eigenvalue weighted by atomic mass is 14.5. The summed E-state index contributed by atoms with van der Waals surface area (Å²) >= 11 is 0. The Morgan fingerprint density at radius 3 is 0.788 bits per heavy atom. The van der Waals surface area contributed by atoms with Gasteiger partial charge in [0.2, 0.25) is 0 Å². The molecule has 11 unspecified atom stereocenters. The van der Waals surface area contributed by atoms with Gasteiger partial charge in [-0.05, 0) is 334 Å². The molecule has 0 heteroatoms.